The Bertz CT molecular complexity index is 455. The normalized spacial score (nSPS) is 11.6. The third-order valence-electron chi connectivity index (χ3n) is 1.87. The zero-order valence-corrected chi connectivity index (χ0v) is 8.74. The van der Waals surface area contributed by atoms with Crippen molar-refractivity contribution in [3.05, 3.63) is 22.2 Å². The van der Waals surface area contributed by atoms with Crippen molar-refractivity contribution < 1.29 is 22.5 Å². The van der Waals surface area contributed by atoms with E-state index >= 15 is 0 Å². The van der Waals surface area contributed by atoms with Crippen molar-refractivity contribution in [2.24, 2.45) is 0 Å². The van der Waals surface area contributed by atoms with Gasteiger partial charge in [0.2, 0.25) is 0 Å². The minimum absolute atomic E-state index is 0.285. The van der Waals surface area contributed by atoms with Crippen molar-refractivity contribution in [3.63, 3.8) is 0 Å². The molecule has 18 heavy (non-hydrogen) atoms. The summed E-state index contributed by atoms with van der Waals surface area (Å²) in [4.78, 5) is 13.1. The number of rotatable bonds is 5. The molecule has 0 aliphatic heterocycles. The van der Waals surface area contributed by atoms with E-state index in [9.17, 15) is 27.7 Å². The van der Waals surface area contributed by atoms with Crippen LogP contribution in [0.25, 0.3) is 0 Å². The molecule has 0 aromatic carbocycles. The Morgan fingerprint density at radius 2 is 2.11 bits per heavy atom. The zero-order valence-electron chi connectivity index (χ0n) is 8.74. The summed E-state index contributed by atoms with van der Waals surface area (Å²) in [7, 11) is 0. The molecule has 0 unspecified atom stereocenters. The fourth-order valence-corrected chi connectivity index (χ4v) is 1.02. The van der Waals surface area contributed by atoms with Gasteiger partial charge < -0.3 is 11.1 Å². The number of nitro groups is 1. The minimum Gasteiger partial charge on any atom is -0.383 e. The number of pyridine rings is 1. The van der Waals surface area contributed by atoms with Gasteiger partial charge in [-0.05, 0) is 0 Å². The molecule has 10 heteroatoms. The van der Waals surface area contributed by atoms with Gasteiger partial charge in [0.15, 0.2) is 0 Å². The van der Waals surface area contributed by atoms with Crippen LogP contribution in [0.5, 0.6) is 0 Å². The zero-order chi connectivity index (χ0) is 13.9. The lowest BCUT2D eigenvalue weighted by Gasteiger charge is -2.16. The molecule has 1 aromatic heterocycles. The third kappa shape index (κ3) is 3.43. The average Bonchev–Trinajstić information content (AvgIpc) is 2.25. The molecule has 0 atom stereocenters. The van der Waals surface area contributed by atoms with Crippen LogP contribution in [0.4, 0.5) is 34.9 Å². The van der Waals surface area contributed by atoms with E-state index in [1.807, 2.05) is 5.32 Å². The molecule has 0 bridgehead atoms. The lowest BCUT2D eigenvalue weighted by atomic mass is 10.3. The fourth-order valence-electron chi connectivity index (χ4n) is 1.02. The predicted octanol–water partition coefficient (Wildman–Crippen LogP) is 1.88. The Labute approximate surface area is 98.0 Å². The molecule has 0 saturated heterocycles. The Morgan fingerprint density at radius 1 is 1.50 bits per heavy atom. The number of nitrogen functional groups attached to an aromatic ring is 1. The van der Waals surface area contributed by atoms with Crippen molar-refractivity contribution in [1.29, 1.82) is 0 Å². The maximum atomic E-state index is 12.6. The van der Waals surface area contributed by atoms with E-state index in [1.54, 1.807) is 0 Å². The Balaban J connectivity index is 2.83. The van der Waals surface area contributed by atoms with Gasteiger partial charge in [-0.1, -0.05) is 0 Å². The van der Waals surface area contributed by atoms with Gasteiger partial charge in [-0.15, -0.1) is 0 Å². The summed E-state index contributed by atoms with van der Waals surface area (Å²) in [6.07, 6.45) is -3.85. The summed E-state index contributed by atoms with van der Waals surface area (Å²) in [6, 6.07) is 1.73. The molecule has 0 aliphatic carbocycles. The first-order valence-corrected chi connectivity index (χ1v) is 4.54. The molecular weight excluding hydrogens is 260 g/mol. The molecule has 0 saturated carbocycles. The van der Waals surface area contributed by atoms with E-state index in [1.165, 1.54) is 0 Å². The molecule has 0 radical (unpaired) electrons. The van der Waals surface area contributed by atoms with Crippen LogP contribution >= 0.6 is 0 Å². The largest absolute Gasteiger partial charge is 0.383 e. The highest BCUT2D eigenvalue weighted by atomic mass is 19.3. The molecule has 0 amide bonds. The van der Waals surface area contributed by atoms with Crippen LogP contribution in [0.3, 0.4) is 0 Å². The number of hydrogen-bond acceptors (Lipinski definition) is 5. The van der Waals surface area contributed by atoms with Crippen LogP contribution in [-0.2, 0) is 0 Å². The summed E-state index contributed by atoms with van der Waals surface area (Å²) >= 11 is 0. The standard InChI is InChI=1S/C8H8F4N4O2/c9-7(10)8(11,12)3-14-6-2-4(16(17)18)1-5(13)15-6/h1-2,7H,3H2,(H3,13,14,15). The first-order valence-electron chi connectivity index (χ1n) is 4.54. The van der Waals surface area contributed by atoms with Crippen LogP contribution in [0, 0.1) is 10.1 Å². The molecule has 1 rings (SSSR count). The van der Waals surface area contributed by atoms with E-state index in [-0.39, 0.29) is 11.6 Å². The highest BCUT2D eigenvalue weighted by Gasteiger charge is 2.40. The summed E-state index contributed by atoms with van der Waals surface area (Å²) < 4.78 is 48.9. The van der Waals surface area contributed by atoms with E-state index in [2.05, 4.69) is 4.98 Å². The van der Waals surface area contributed by atoms with E-state index < -0.39 is 29.5 Å². The lowest BCUT2D eigenvalue weighted by Crippen LogP contribution is -2.35. The number of halogens is 4. The molecular formula is C8H8F4N4O2. The van der Waals surface area contributed by atoms with E-state index in [0.717, 1.165) is 12.1 Å². The van der Waals surface area contributed by atoms with Gasteiger partial charge in [0.25, 0.3) is 5.69 Å². The van der Waals surface area contributed by atoms with Gasteiger partial charge in [0, 0.05) is 0 Å². The first-order chi connectivity index (χ1) is 8.22. The van der Waals surface area contributed by atoms with Crippen LogP contribution < -0.4 is 11.1 Å². The number of nitrogens with one attached hydrogen (secondary N) is 1. The number of hydrogen-bond donors (Lipinski definition) is 2. The molecule has 0 spiro atoms. The number of nitrogens with two attached hydrogens (primary N) is 1. The molecule has 0 aliphatic rings. The van der Waals surface area contributed by atoms with Gasteiger partial charge in [0.05, 0.1) is 23.6 Å². The first kappa shape index (κ1) is 13.9. The Kier molecular flexibility index (Phi) is 3.89. The average molecular weight is 268 g/mol. The number of aromatic nitrogens is 1. The van der Waals surface area contributed by atoms with E-state index in [4.69, 9.17) is 5.73 Å². The second-order valence-corrected chi connectivity index (χ2v) is 3.31. The maximum Gasteiger partial charge on any atom is 0.324 e. The van der Waals surface area contributed by atoms with Gasteiger partial charge in [-0.2, -0.15) is 8.78 Å². The summed E-state index contributed by atoms with van der Waals surface area (Å²) in [5.74, 6) is -4.92. The molecule has 1 heterocycles. The van der Waals surface area contributed by atoms with E-state index in [0.29, 0.717) is 0 Å². The summed E-state index contributed by atoms with van der Waals surface area (Å²) in [6.45, 7) is -1.40. The lowest BCUT2D eigenvalue weighted by molar-refractivity contribution is -0.384. The van der Waals surface area contributed by atoms with Gasteiger partial charge in [0.1, 0.15) is 11.6 Å². The van der Waals surface area contributed by atoms with Crippen molar-refractivity contribution in [2.45, 2.75) is 12.3 Å². The maximum absolute atomic E-state index is 12.6. The van der Waals surface area contributed by atoms with Gasteiger partial charge >= 0.3 is 12.3 Å². The van der Waals surface area contributed by atoms with Crippen molar-refractivity contribution in [1.82, 2.24) is 4.98 Å². The Morgan fingerprint density at radius 3 is 2.61 bits per heavy atom. The number of anilines is 2. The highest BCUT2D eigenvalue weighted by molar-refractivity contribution is 5.52. The third-order valence-corrected chi connectivity index (χ3v) is 1.87. The second-order valence-electron chi connectivity index (χ2n) is 3.31. The summed E-state index contributed by atoms with van der Waals surface area (Å²) in [5.41, 5.74) is 4.72. The SMILES string of the molecule is Nc1cc([N+](=O)[O-])cc(NCC(F)(F)C(F)F)n1. The van der Waals surface area contributed by atoms with Gasteiger partial charge in [-0.3, -0.25) is 10.1 Å². The predicted molar refractivity (Wildman–Crippen MR) is 54.7 cm³/mol. The summed E-state index contributed by atoms with van der Waals surface area (Å²) in [5, 5.41) is 12.3. The van der Waals surface area contributed by atoms with Gasteiger partial charge in [-0.25, -0.2) is 13.8 Å². The smallest absolute Gasteiger partial charge is 0.324 e. The monoisotopic (exact) mass is 268 g/mol. The quantitative estimate of drug-likeness (QED) is 0.483. The number of nitrogens with zero attached hydrogens (tertiary/aromatic N) is 2. The molecule has 1 aromatic rings. The molecule has 0 fully saturated rings. The Hall–Kier alpha value is -2.13. The second kappa shape index (κ2) is 5.02. The topological polar surface area (TPSA) is 94.1 Å². The fraction of sp³-hybridized carbons (Fsp3) is 0.375. The molecule has 6 nitrogen and oxygen atoms in total. The molecule has 3 N–H and O–H groups in total. The van der Waals surface area contributed by atoms with Crippen molar-refractivity contribution in [2.75, 3.05) is 17.6 Å². The van der Waals surface area contributed by atoms with Crippen LogP contribution in [0.1, 0.15) is 0 Å². The van der Waals surface area contributed by atoms with Crippen molar-refractivity contribution >= 4 is 17.3 Å². The number of alkyl halides is 4. The van der Waals surface area contributed by atoms with Crippen LogP contribution in [0.15, 0.2) is 12.1 Å². The van der Waals surface area contributed by atoms with Crippen molar-refractivity contribution in [3.8, 4) is 0 Å². The molecule has 100 valence electrons. The van der Waals surface area contributed by atoms with Crippen LogP contribution in [0.2, 0.25) is 0 Å². The highest BCUT2D eigenvalue weighted by Crippen LogP contribution is 2.24. The van der Waals surface area contributed by atoms with Crippen LogP contribution in [-0.4, -0.2) is 28.8 Å². The minimum atomic E-state index is -4.26.